The van der Waals surface area contributed by atoms with Crippen LogP contribution in [0.4, 0.5) is 0 Å². The minimum absolute atomic E-state index is 0.172. The van der Waals surface area contributed by atoms with Crippen LogP contribution in [0, 0.1) is 0 Å². The maximum absolute atomic E-state index is 11.7. The van der Waals surface area contributed by atoms with Gasteiger partial charge < -0.3 is 16.0 Å². The van der Waals surface area contributed by atoms with Gasteiger partial charge in [-0.15, -0.1) is 0 Å². The Morgan fingerprint density at radius 2 is 2.12 bits per heavy atom. The van der Waals surface area contributed by atoms with Crippen molar-refractivity contribution in [2.45, 2.75) is 13.1 Å². The van der Waals surface area contributed by atoms with Crippen molar-refractivity contribution in [3.8, 4) is 0 Å². The molecular weight excluding hydrogens is 216 g/mol. The molecule has 2 aromatic rings. The van der Waals surface area contributed by atoms with Crippen LogP contribution in [0.1, 0.15) is 21.6 Å². The molecule has 0 aliphatic heterocycles. The van der Waals surface area contributed by atoms with E-state index in [2.05, 4.69) is 15.3 Å². The first kappa shape index (κ1) is 11.3. The molecule has 17 heavy (non-hydrogen) atoms. The Hall–Kier alpha value is -2.14. The molecule has 0 radical (unpaired) electrons. The van der Waals surface area contributed by atoms with Gasteiger partial charge in [0.25, 0.3) is 5.91 Å². The maximum Gasteiger partial charge on any atom is 0.269 e. The molecule has 1 aromatic carbocycles. The van der Waals surface area contributed by atoms with Crippen LogP contribution >= 0.6 is 0 Å². The first-order chi connectivity index (χ1) is 8.31. The Morgan fingerprint density at radius 1 is 1.35 bits per heavy atom. The number of carbonyl (C=O) groups is 1. The molecule has 5 nitrogen and oxygen atoms in total. The van der Waals surface area contributed by atoms with Crippen LogP contribution in [-0.2, 0) is 13.1 Å². The van der Waals surface area contributed by atoms with Gasteiger partial charge in [0.15, 0.2) is 0 Å². The molecule has 1 amide bonds. The summed E-state index contributed by atoms with van der Waals surface area (Å²) in [5, 5.41) is 2.81. The number of rotatable bonds is 4. The van der Waals surface area contributed by atoms with E-state index in [1.807, 2.05) is 24.3 Å². The summed E-state index contributed by atoms with van der Waals surface area (Å²) in [7, 11) is 0. The van der Waals surface area contributed by atoms with E-state index < -0.39 is 0 Å². The van der Waals surface area contributed by atoms with Crippen LogP contribution in [0.3, 0.4) is 0 Å². The van der Waals surface area contributed by atoms with Gasteiger partial charge in [-0.2, -0.15) is 0 Å². The van der Waals surface area contributed by atoms with E-state index in [1.165, 1.54) is 12.5 Å². The minimum Gasteiger partial charge on any atom is -0.347 e. The summed E-state index contributed by atoms with van der Waals surface area (Å²) in [6, 6.07) is 7.77. The van der Waals surface area contributed by atoms with Gasteiger partial charge in [-0.1, -0.05) is 24.3 Å². The number of carbonyl (C=O) groups excluding carboxylic acids is 1. The number of benzene rings is 1. The van der Waals surface area contributed by atoms with E-state index in [0.29, 0.717) is 18.8 Å². The van der Waals surface area contributed by atoms with E-state index in [-0.39, 0.29) is 5.91 Å². The first-order valence-electron chi connectivity index (χ1n) is 5.34. The molecule has 4 N–H and O–H groups in total. The summed E-state index contributed by atoms with van der Waals surface area (Å²) < 4.78 is 0. The van der Waals surface area contributed by atoms with E-state index in [1.54, 1.807) is 0 Å². The summed E-state index contributed by atoms with van der Waals surface area (Å²) in [6.07, 6.45) is 2.97. The van der Waals surface area contributed by atoms with Crippen LogP contribution < -0.4 is 11.1 Å². The highest BCUT2D eigenvalue weighted by molar-refractivity contribution is 5.91. The molecule has 2 rings (SSSR count). The number of nitrogens with one attached hydrogen (secondary N) is 2. The Labute approximate surface area is 99.1 Å². The third kappa shape index (κ3) is 2.70. The molecule has 0 unspecified atom stereocenters. The topological polar surface area (TPSA) is 83.8 Å². The van der Waals surface area contributed by atoms with E-state index in [9.17, 15) is 4.79 Å². The fraction of sp³-hybridized carbons (Fsp3) is 0.167. The molecule has 0 saturated carbocycles. The Balaban J connectivity index is 2.00. The number of imidazole rings is 1. The number of nitrogens with two attached hydrogens (primary N) is 1. The molecule has 1 heterocycles. The minimum atomic E-state index is -0.172. The van der Waals surface area contributed by atoms with E-state index in [4.69, 9.17) is 5.73 Å². The molecule has 5 heteroatoms. The lowest BCUT2D eigenvalue weighted by atomic mass is 10.1. The number of hydrogen-bond donors (Lipinski definition) is 3. The summed E-state index contributed by atoms with van der Waals surface area (Å²) in [5.74, 6) is -0.172. The molecule has 0 atom stereocenters. The van der Waals surface area contributed by atoms with Crippen LogP contribution in [0.15, 0.2) is 36.8 Å². The maximum atomic E-state index is 11.7. The van der Waals surface area contributed by atoms with Gasteiger partial charge in [0, 0.05) is 13.1 Å². The summed E-state index contributed by atoms with van der Waals surface area (Å²) in [5.41, 5.74) is 8.15. The molecular formula is C12H14N4O. The van der Waals surface area contributed by atoms with Gasteiger partial charge in [-0.3, -0.25) is 4.79 Å². The first-order valence-corrected chi connectivity index (χ1v) is 5.34. The van der Waals surface area contributed by atoms with Crippen molar-refractivity contribution in [3.63, 3.8) is 0 Å². The second-order valence-electron chi connectivity index (χ2n) is 3.62. The quantitative estimate of drug-likeness (QED) is 0.726. The third-order valence-corrected chi connectivity index (χ3v) is 2.52. The monoisotopic (exact) mass is 230 g/mol. The molecule has 1 aromatic heterocycles. The Kier molecular flexibility index (Phi) is 3.52. The van der Waals surface area contributed by atoms with E-state index >= 15 is 0 Å². The number of hydrogen-bond acceptors (Lipinski definition) is 3. The Morgan fingerprint density at radius 3 is 2.76 bits per heavy atom. The number of aromatic amines is 1. The van der Waals surface area contributed by atoms with Crippen molar-refractivity contribution in [2.24, 2.45) is 5.73 Å². The van der Waals surface area contributed by atoms with Gasteiger partial charge in [-0.25, -0.2) is 4.98 Å². The van der Waals surface area contributed by atoms with Gasteiger partial charge in [0.1, 0.15) is 5.69 Å². The highest BCUT2D eigenvalue weighted by Crippen LogP contribution is 2.07. The molecule has 0 aliphatic carbocycles. The van der Waals surface area contributed by atoms with Crippen molar-refractivity contribution >= 4 is 5.91 Å². The third-order valence-electron chi connectivity index (χ3n) is 2.52. The number of aromatic nitrogens is 2. The molecule has 0 bridgehead atoms. The van der Waals surface area contributed by atoms with Gasteiger partial charge >= 0.3 is 0 Å². The summed E-state index contributed by atoms with van der Waals surface area (Å²) in [6.45, 7) is 0.932. The standard InChI is InChI=1S/C12H14N4O/c13-5-9-3-1-2-4-10(9)6-15-12(17)11-7-14-8-16-11/h1-4,7-8H,5-6,13H2,(H,14,16)(H,15,17). The average Bonchev–Trinajstić information content (AvgIpc) is 2.90. The van der Waals surface area contributed by atoms with Crippen LogP contribution in [-0.4, -0.2) is 15.9 Å². The van der Waals surface area contributed by atoms with Crippen molar-refractivity contribution < 1.29 is 4.79 Å². The average molecular weight is 230 g/mol. The predicted molar refractivity (Wildman–Crippen MR) is 64.1 cm³/mol. The highest BCUT2D eigenvalue weighted by atomic mass is 16.1. The summed E-state index contributed by atoms with van der Waals surface area (Å²) >= 11 is 0. The van der Waals surface area contributed by atoms with Crippen molar-refractivity contribution in [1.29, 1.82) is 0 Å². The van der Waals surface area contributed by atoms with Crippen molar-refractivity contribution in [1.82, 2.24) is 15.3 Å². The smallest absolute Gasteiger partial charge is 0.269 e. The Bertz CT molecular complexity index is 493. The second kappa shape index (κ2) is 5.27. The zero-order chi connectivity index (χ0) is 12.1. The molecule has 0 spiro atoms. The van der Waals surface area contributed by atoms with E-state index in [0.717, 1.165) is 11.1 Å². The van der Waals surface area contributed by atoms with Crippen LogP contribution in [0.2, 0.25) is 0 Å². The normalized spacial score (nSPS) is 10.2. The fourth-order valence-electron chi connectivity index (χ4n) is 1.58. The van der Waals surface area contributed by atoms with Crippen molar-refractivity contribution in [3.05, 3.63) is 53.6 Å². The number of H-pyrrole nitrogens is 1. The van der Waals surface area contributed by atoms with Crippen LogP contribution in [0.5, 0.6) is 0 Å². The number of nitrogens with zero attached hydrogens (tertiary/aromatic N) is 1. The SMILES string of the molecule is NCc1ccccc1CNC(=O)c1cnc[nH]1. The number of amides is 1. The van der Waals surface area contributed by atoms with Gasteiger partial charge in [0.05, 0.1) is 12.5 Å². The molecule has 0 saturated heterocycles. The zero-order valence-corrected chi connectivity index (χ0v) is 9.31. The zero-order valence-electron chi connectivity index (χ0n) is 9.31. The second-order valence-corrected chi connectivity index (χ2v) is 3.62. The largest absolute Gasteiger partial charge is 0.347 e. The van der Waals surface area contributed by atoms with Crippen molar-refractivity contribution in [2.75, 3.05) is 0 Å². The molecule has 88 valence electrons. The lowest BCUT2D eigenvalue weighted by Crippen LogP contribution is -2.24. The molecule has 0 aliphatic rings. The lowest BCUT2D eigenvalue weighted by molar-refractivity contribution is 0.0946. The van der Waals surface area contributed by atoms with Crippen LogP contribution in [0.25, 0.3) is 0 Å². The summed E-state index contributed by atoms with van der Waals surface area (Å²) in [4.78, 5) is 18.2. The van der Waals surface area contributed by atoms with Gasteiger partial charge in [-0.05, 0) is 11.1 Å². The van der Waals surface area contributed by atoms with Gasteiger partial charge in [0.2, 0.25) is 0 Å². The predicted octanol–water partition coefficient (Wildman–Crippen LogP) is 0.798. The molecule has 0 fully saturated rings. The fourth-order valence-corrected chi connectivity index (χ4v) is 1.58. The lowest BCUT2D eigenvalue weighted by Gasteiger charge is -2.08. The highest BCUT2D eigenvalue weighted by Gasteiger charge is 2.07.